The minimum absolute atomic E-state index is 0.112. The lowest BCUT2D eigenvalue weighted by Gasteiger charge is -2.18. The second-order valence-corrected chi connectivity index (χ2v) is 8.28. The Kier molecular flexibility index (Phi) is 5.18. The third kappa shape index (κ3) is 4.04. The topological polar surface area (TPSA) is 46.2 Å². The second kappa shape index (κ2) is 6.70. The first kappa shape index (κ1) is 15.5. The number of hydrogen-bond donors (Lipinski definition) is 1. The van der Waals surface area contributed by atoms with Crippen LogP contribution in [0.25, 0.3) is 10.1 Å². The summed E-state index contributed by atoms with van der Waals surface area (Å²) < 4.78 is 24.1. The highest BCUT2D eigenvalue weighted by Crippen LogP contribution is 2.31. The molecule has 0 saturated carbocycles. The van der Waals surface area contributed by atoms with E-state index >= 15 is 0 Å². The van der Waals surface area contributed by atoms with Crippen molar-refractivity contribution in [3.63, 3.8) is 0 Å². The van der Waals surface area contributed by atoms with Gasteiger partial charge in [-0.1, -0.05) is 25.1 Å². The molecule has 5 heteroatoms. The molecule has 0 amide bonds. The van der Waals surface area contributed by atoms with E-state index in [0.717, 1.165) is 13.0 Å². The van der Waals surface area contributed by atoms with Gasteiger partial charge in [-0.15, -0.1) is 11.3 Å². The monoisotopic (exact) mass is 311 g/mol. The van der Waals surface area contributed by atoms with Gasteiger partial charge in [-0.2, -0.15) is 0 Å². The van der Waals surface area contributed by atoms with Crippen LogP contribution in [0.4, 0.5) is 0 Å². The van der Waals surface area contributed by atoms with Crippen molar-refractivity contribution >= 4 is 31.3 Å². The van der Waals surface area contributed by atoms with Gasteiger partial charge in [-0.25, -0.2) is 8.42 Å². The summed E-state index contributed by atoms with van der Waals surface area (Å²) in [5.74, 6) is 0.221. The van der Waals surface area contributed by atoms with E-state index in [2.05, 4.69) is 29.8 Å². The fraction of sp³-hybridized carbons (Fsp3) is 0.467. The van der Waals surface area contributed by atoms with E-state index in [-0.39, 0.29) is 11.8 Å². The Labute approximate surface area is 124 Å². The molecule has 0 fully saturated rings. The quantitative estimate of drug-likeness (QED) is 0.852. The molecule has 1 heterocycles. The lowest BCUT2D eigenvalue weighted by Crippen LogP contribution is -2.24. The van der Waals surface area contributed by atoms with Crippen molar-refractivity contribution in [1.82, 2.24) is 5.32 Å². The van der Waals surface area contributed by atoms with Gasteiger partial charge in [0.25, 0.3) is 0 Å². The molecule has 1 aromatic heterocycles. The van der Waals surface area contributed by atoms with Gasteiger partial charge in [-0.3, -0.25) is 0 Å². The van der Waals surface area contributed by atoms with E-state index in [1.165, 1.54) is 21.9 Å². The second-order valence-electron chi connectivity index (χ2n) is 5.11. The fourth-order valence-electron chi connectivity index (χ4n) is 2.29. The van der Waals surface area contributed by atoms with Gasteiger partial charge in [0.15, 0.2) is 0 Å². The molecule has 110 valence electrons. The molecule has 0 aliphatic carbocycles. The average Bonchev–Trinajstić information content (AvgIpc) is 2.82. The number of benzene rings is 1. The summed E-state index contributed by atoms with van der Waals surface area (Å²) in [7, 11) is -2.93. The SMILES string of the molecule is CCCNC(CCS(C)(=O)=O)c1csc2ccccc12. The molecular weight excluding hydrogens is 290 g/mol. The van der Waals surface area contributed by atoms with Gasteiger partial charge in [0.2, 0.25) is 0 Å². The van der Waals surface area contributed by atoms with Gasteiger partial charge in [0, 0.05) is 17.0 Å². The zero-order valence-corrected chi connectivity index (χ0v) is 13.6. The Morgan fingerprint density at radius 2 is 2.05 bits per heavy atom. The Balaban J connectivity index is 2.25. The van der Waals surface area contributed by atoms with Gasteiger partial charge in [0.05, 0.1) is 5.75 Å². The van der Waals surface area contributed by atoms with Gasteiger partial charge >= 0.3 is 0 Å². The number of thiophene rings is 1. The maximum Gasteiger partial charge on any atom is 0.147 e. The summed E-state index contributed by atoms with van der Waals surface area (Å²) in [5.41, 5.74) is 1.22. The number of fused-ring (bicyclic) bond motifs is 1. The van der Waals surface area contributed by atoms with Crippen LogP contribution in [-0.4, -0.2) is 27.0 Å². The van der Waals surface area contributed by atoms with E-state index in [0.29, 0.717) is 6.42 Å². The van der Waals surface area contributed by atoms with Crippen LogP contribution >= 0.6 is 11.3 Å². The average molecular weight is 311 g/mol. The van der Waals surface area contributed by atoms with Crippen LogP contribution in [0.5, 0.6) is 0 Å². The smallest absolute Gasteiger partial charge is 0.147 e. The zero-order valence-electron chi connectivity index (χ0n) is 11.9. The number of hydrogen-bond acceptors (Lipinski definition) is 4. The summed E-state index contributed by atoms with van der Waals surface area (Å²) in [6.07, 6.45) is 2.96. The Morgan fingerprint density at radius 3 is 2.75 bits per heavy atom. The van der Waals surface area contributed by atoms with Crippen LogP contribution in [0.1, 0.15) is 31.4 Å². The zero-order chi connectivity index (χ0) is 14.6. The molecule has 2 rings (SSSR count). The maximum atomic E-state index is 11.4. The fourth-order valence-corrected chi connectivity index (χ4v) is 3.97. The molecular formula is C15H21NO2S2. The van der Waals surface area contributed by atoms with Crippen LogP contribution < -0.4 is 5.32 Å². The Hall–Kier alpha value is -0.910. The summed E-state index contributed by atoms with van der Waals surface area (Å²) >= 11 is 1.72. The Morgan fingerprint density at radius 1 is 1.30 bits per heavy atom. The summed E-state index contributed by atoms with van der Waals surface area (Å²) in [6.45, 7) is 3.02. The van der Waals surface area contributed by atoms with Crippen LogP contribution in [0, 0.1) is 0 Å². The van der Waals surface area contributed by atoms with Crippen LogP contribution in [0.15, 0.2) is 29.6 Å². The predicted octanol–water partition coefficient (Wildman–Crippen LogP) is 3.38. The highest BCUT2D eigenvalue weighted by atomic mass is 32.2. The van der Waals surface area contributed by atoms with E-state index in [1.807, 2.05) is 12.1 Å². The maximum absolute atomic E-state index is 11.4. The van der Waals surface area contributed by atoms with E-state index < -0.39 is 9.84 Å². The molecule has 3 nitrogen and oxygen atoms in total. The van der Waals surface area contributed by atoms with Crippen molar-refractivity contribution in [2.24, 2.45) is 0 Å². The van der Waals surface area contributed by atoms with Crippen molar-refractivity contribution in [2.45, 2.75) is 25.8 Å². The first-order valence-corrected chi connectivity index (χ1v) is 9.82. The molecule has 1 unspecified atom stereocenters. The predicted molar refractivity (Wildman–Crippen MR) is 87.2 cm³/mol. The van der Waals surface area contributed by atoms with E-state index in [4.69, 9.17) is 0 Å². The number of rotatable bonds is 7. The van der Waals surface area contributed by atoms with Crippen molar-refractivity contribution < 1.29 is 8.42 Å². The summed E-state index contributed by atoms with van der Waals surface area (Å²) in [6, 6.07) is 8.40. The third-order valence-electron chi connectivity index (χ3n) is 3.30. The molecule has 0 radical (unpaired) electrons. The molecule has 0 bridgehead atoms. The molecule has 1 N–H and O–H groups in total. The molecule has 1 aromatic carbocycles. The highest BCUT2D eigenvalue weighted by Gasteiger charge is 2.17. The molecule has 1 atom stereocenters. The van der Waals surface area contributed by atoms with Crippen molar-refractivity contribution in [1.29, 1.82) is 0 Å². The number of nitrogens with one attached hydrogen (secondary N) is 1. The van der Waals surface area contributed by atoms with Gasteiger partial charge in [0.1, 0.15) is 9.84 Å². The van der Waals surface area contributed by atoms with E-state index in [9.17, 15) is 8.42 Å². The van der Waals surface area contributed by atoms with Crippen molar-refractivity contribution in [3.05, 3.63) is 35.2 Å². The lowest BCUT2D eigenvalue weighted by atomic mass is 10.0. The normalized spacial score (nSPS) is 13.7. The minimum atomic E-state index is -2.93. The molecule has 2 aromatic rings. The highest BCUT2D eigenvalue weighted by molar-refractivity contribution is 7.90. The van der Waals surface area contributed by atoms with Crippen molar-refractivity contribution in [2.75, 3.05) is 18.6 Å². The van der Waals surface area contributed by atoms with Crippen LogP contribution in [0.3, 0.4) is 0 Å². The summed E-state index contributed by atoms with van der Waals surface area (Å²) in [5, 5.41) is 6.87. The molecule has 0 spiro atoms. The lowest BCUT2D eigenvalue weighted by molar-refractivity contribution is 0.517. The van der Waals surface area contributed by atoms with E-state index in [1.54, 1.807) is 11.3 Å². The van der Waals surface area contributed by atoms with Gasteiger partial charge in [-0.05, 0) is 41.8 Å². The standard InChI is InChI=1S/C15H21NO2S2/c1-3-9-16-14(8-10-20(2,17)18)13-11-19-15-7-5-4-6-12(13)15/h4-7,11,14,16H,3,8-10H2,1-2H3. The molecule has 0 aliphatic rings. The first-order chi connectivity index (χ1) is 9.51. The van der Waals surface area contributed by atoms with Gasteiger partial charge < -0.3 is 5.32 Å². The summed E-state index contributed by atoms with van der Waals surface area (Å²) in [4.78, 5) is 0. The first-order valence-electron chi connectivity index (χ1n) is 6.88. The molecule has 20 heavy (non-hydrogen) atoms. The van der Waals surface area contributed by atoms with Crippen LogP contribution in [0.2, 0.25) is 0 Å². The minimum Gasteiger partial charge on any atom is -0.310 e. The van der Waals surface area contributed by atoms with Crippen molar-refractivity contribution in [3.8, 4) is 0 Å². The Bertz CT molecular complexity index is 661. The van der Waals surface area contributed by atoms with Crippen LogP contribution in [-0.2, 0) is 9.84 Å². The molecule has 0 aliphatic heterocycles. The third-order valence-corrected chi connectivity index (χ3v) is 5.26. The molecule has 0 saturated heterocycles. The number of sulfone groups is 1. The largest absolute Gasteiger partial charge is 0.310 e.